The molecule has 0 atom stereocenters. The van der Waals surface area contributed by atoms with Crippen LogP contribution in [0.1, 0.15) is 11.3 Å². The van der Waals surface area contributed by atoms with E-state index in [1.165, 1.54) is 17.2 Å². The van der Waals surface area contributed by atoms with Crippen molar-refractivity contribution in [3.05, 3.63) is 68.6 Å². The van der Waals surface area contributed by atoms with Crippen molar-refractivity contribution in [3.8, 4) is 0 Å². The topological polar surface area (TPSA) is 69.5 Å². The summed E-state index contributed by atoms with van der Waals surface area (Å²) in [4.78, 5) is 31.7. The predicted molar refractivity (Wildman–Crippen MR) is 109 cm³/mol. The lowest BCUT2D eigenvalue weighted by Gasteiger charge is -2.17. The van der Waals surface area contributed by atoms with Crippen LogP contribution in [-0.4, -0.2) is 41.6 Å². The van der Waals surface area contributed by atoms with E-state index in [2.05, 4.69) is 33.6 Å². The Hall–Kier alpha value is -3.13. The predicted octanol–water partition coefficient (Wildman–Crippen LogP) is 1.13. The molecule has 0 bridgehead atoms. The van der Waals surface area contributed by atoms with Crippen LogP contribution in [0.4, 0.5) is 0 Å². The number of nitrogens with zero attached hydrogens (tertiary/aromatic N) is 6. The van der Waals surface area contributed by atoms with Crippen LogP contribution in [0.2, 0.25) is 0 Å². The van der Waals surface area contributed by atoms with Crippen LogP contribution in [0.25, 0.3) is 16.9 Å². The van der Waals surface area contributed by atoms with Gasteiger partial charge in [-0.15, -0.1) is 0 Å². The van der Waals surface area contributed by atoms with Crippen LogP contribution in [0.15, 0.2) is 46.1 Å². The van der Waals surface area contributed by atoms with Gasteiger partial charge in [-0.05, 0) is 19.5 Å². The normalized spacial score (nSPS) is 11.9. The fraction of sp³-hybridized carbons (Fsp3) is 0.350. The second-order valence-electron chi connectivity index (χ2n) is 7.31. The minimum atomic E-state index is -0.371. The minimum Gasteiger partial charge on any atom is -0.313 e. The van der Waals surface area contributed by atoms with E-state index in [0.29, 0.717) is 16.9 Å². The lowest BCUT2D eigenvalue weighted by molar-refractivity contribution is 0.312. The first-order valence-corrected chi connectivity index (χ1v) is 9.25. The summed E-state index contributed by atoms with van der Waals surface area (Å²) in [5.74, 6) is 0.680. The number of fused-ring (bicyclic) bond motifs is 3. The van der Waals surface area contributed by atoms with Crippen LogP contribution < -0.4 is 11.2 Å². The monoisotopic (exact) mass is 380 g/mol. The third-order valence-electron chi connectivity index (χ3n) is 5.26. The highest BCUT2D eigenvalue weighted by Crippen LogP contribution is 2.16. The Morgan fingerprint density at radius 1 is 1.07 bits per heavy atom. The molecular formula is C20H24N6O2. The minimum absolute atomic E-state index is 0.330. The maximum absolute atomic E-state index is 12.6. The van der Waals surface area contributed by atoms with Gasteiger partial charge in [0.05, 0.1) is 0 Å². The molecule has 0 spiro atoms. The molecule has 8 heteroatoms. The van der Waals surface area contributed by atoms with Gasteiger partial charge in [0.2, 0.25) is 5.78 Å². The highest BCUT2D eigenvalue weighted by Gasteiger charge is 2.19. The second kappa shape index (κ2) is 6.79. The molecule has 28 heavy (non-hydrogen) atoms. The Morgan fingerprint density at radius 2 is 1.79 bits per heavy atom. The molecule has 3 aromatic heterocycles. The average molecular weight is 380 g/mol. The zero-order valence-corrected chi connectivity index (χ0v) is 16.6. The number of aryl methyl sites for hydroxylation is 2. The van der Waals surface area contributed by atoms with Crippen LogP contribution in [0, 0.1) is 6.92 Å². The number of benzene rings is 1. The summed E-state index contributed by atoms with van der Waals surface area (Å²) in [5.41, 5.74) is 2.43. The maximum atomic E-state index is 12.6. The molecule has 0 saturated heterocycles. The molecule has 4 rings (SSSR count). The van der Waals surface area contributed by atoms with Crippen molar-refractivity contribution in [2.45, 2.75) is 20.0 Å². The molecule has 4 aromatic rings. The van der Waals surface area contributed by atoms with Crippen molar-refractivity contribution in [3.63, 3.8) is 0 Å². The molecule has 0 fully saturated rings. The van der Waals surface area contributed by atoms with Crippen LogP contribution in [0.5, 0.6) is 0 Å². The lowest BCUT2D eigenvalue weighted by atomic mass is 10.2. The van der Waals surface area contributed by atoms with Crippen molar-refractivity contribution in [2.75, 3.05) is 13.6 Å². The van der Waals surface area contributed by atoms with Crippen molar-refractivity contribution in [2.24, 2.45) is 14.1 Å². The van der Waals surface area contributed by atoms with Gasteiger partial charge in [-0.25, -0.2) is 4.79 Å². The summed E-state index contributed by atoms with van der Waals surface area (Å²) in [6.45, 7) is 4.44. The zero-order valence-electron chi connectivity index (χ0n) is 16.6. The SMILES string of the molecule is Cc1cn2c3c(=O)n(C)c(=O)n(C)c3nc2n1CCN(C)Cc1ccccc1. The van der Waals surface area contributed by atoms with Gasteiger partial charge in [-0.1, -0.05) is 30.3 Å². The van der Waals surface area contributed by atoms with Crippen molar-refractivity contribution < 1.29 is 0 Å². The number of imidazole rings is 2. The van der Waals surface area contributed by atoms with Crippen LogP contribution in [0.3, 0.4) is 0 Å². The van der Waals surface area contributed by atoms with E-state index in [9.17, 15) is 9.59 Å². The smallest absolute Gasteiger partial charge is 0.313 e. The quantitative estimate of drug-likeness (QED) is 0.520. The van der Waals surface area contributed by atoms with Crippen molar-refractivity contribution >= 4 is 16.9 Å². The molecule has 0 aliphatic rings. The number of rotatable bonds is 5. The maximum Gasteiger partial charge on any atom is 0.332 e. The standard InChI is InChI=1S/C20H24N6O2/c1-14-12-26-16-17(23(3)20(28)24(4)18(16)27)21-19(26)25(14)11-10-22(2)13-15-8-6-5-7-9-15/h5-9,12H,10-11,13H2,1-4H3. The molecule has 8 nitrogen and oxygen atoms in total. The van der Waals surface area contributed by atoms with Gasteiger partial charge < -0.3 is 9.47 Å². The van der Waals surface area contributed by atoms with Crippen molar-refractivity contribution in [1.29, 1.82) is 0 Å². The molecule has 146 valence electrons. The molecule has 0 aliphatic carbocycles. The van der Waals surface area contributed by atoms with Gasteiger partial charge in [-0.2, -0.15) is 4.98 Å². The van der Waals surface area contributed by atoms with Crippen LogP contribution >= 0.6 is 0 Å². The zero-order chi connectivity index (χ0) is 20.0. The number of hydrogen-bond acceptors (Lipinski definition) is 4. The van der Waals surface area contributed by atoms with E-state index in [1.807, 2.05) is 31.3 Å². The van der Waals surface area contributed by atoms with Gasteiger partial charge in [0.15, 0.2) is 11.2 Å². The first kappa shape index (κ1) is 18.2. The fourth-order valence-corrected chi connectivity index (χ4v) is 3.65. The molecule has 0 saturated carbocycles. The number of hydrogen-bond donors (Lipinski definition) is 0. The summed E-state index contributed by atoms with van der Waals surface area (Å²) in [6, 6.07) is 10.3. The van der Waals surface area contributed by atoms with E-state index < -0.39 is 0 Å². The van der Waals surface area contributed by atoms with Crippen molar-refractivity contribution in [1.82, 2.24) is 28.0 Å². The molecule has 0 aliphatic heterocycles. The Kier molecular flexibility index (Phi) is 4.43. The Morgan fingerprint density at radius 3 is 2.50 bits per heavy atom. The Balaban J connectivity index is 1.69. The average Bonchev–Trinajstić information content (AvgIpc) is 3.19. The third kappa shape index (κ3) is 2.86. The van der Waals surface area contributed by atoms with Gasteiger partial charge in [0.25, 0.3) is 5.56 Å². The van der Waals surface area contributed by atoms with Gasteiger partial charge >= 0.3 is 5.69 Å². The first-order chi connectivity index (χ1) is 13.4. The molecule has 0 unspecified atom stereocenters. The molecule has 0 amide bonds. The van der Waals surface area contributed by atoms with Gasteiger partial charge in [0, 0.05) is 45.6 Å². The molecular weight excluding hydrogens is 356 g/mol. The highest BCUT2D eigenvalue weighted by atomic mass is 16.2. The summed E-state index contributed by atoms with van der Waals surface area (Å²) in [5, 5.41) is 0. The second-order valence-corrected chi connectivity index (χ2v) is 7.31. The van der Waals surface area contributed by atoms with E-state index >= 15 is 0 Å². The summed E-state index contributed by atoms with van der Waals surface area (Å²) < 4.78 is 6.43. The first-order valence-electron chi connectivity index (χ1n) is 9.25. The molecule has 3 heterocycles. The third-order valence-corrected chi connectivity index (χ3v) is 5.26. The largest absolute Gasteiger partial charge is 0.332 e. The summed E-state index contributed by atoms with van der Waals surface area (Å²) in [6.07, 6.45) is 1.91. The number of aromatic nitrogens is 5. The van der Waals surface area contributed by atoms with E-state index in [4.69, 9.17) is 0 Å². The van der Waals surface area contributed by atoms with E-state index in [1.54, 1.807) is 11.4 Å². The molecule has 1 aromatic carbocycles. The van der Waals surface area contributed by atoms with E-state index in [0.717, 1.165) is 29.9 Å². The number of likely N-dealkylation sites (N-methyl/N-ethyl adjacent to an activating group) is 1. The lowest BCUT2D eigenvalue weighted by Crippen LogP contribution is -2.37. The summed E-state index contributed by atoms with van der Waals surface area (Å²) in [7, 11) is 5.22. The fourth-order valence-electron chi connectivity index (χ4n) is 3.65. The van der Waals surface area contributed by atoms with E-state index in [-0.39, 0.29) is 11.2 Å². The summed E-state index contributed by atoms with van der Waals surface area (Å²) >= 11 is 0. The molecule has 0 N–H and O–H groups in total. The van der Waals surface area contributed by atoms with Crippen LogP contribution in [-0.2, 0) is 27.2 Å². The Labute approximate surface area is 161 Å². The Bertz CT molecular complexity index is 1280. The van der Waals surface area contributed by atoms with Gasteiger partial charge in [-0.3, -0.25) is 18.3 Å². The van der Waals surface area contributed by atoms with Gasteiger partial charge in [0.1, 0.15) is 0 Å². The molecule has 0 radical (unpaired) electrons. The highest BCUT2D eigenvalue weighted by molar-refractivity contribution is 5.75.